The molecule has 0 aliphatic carbocycles. The summed E-state index contributed by atoms with van der Waals surface area (Å²) < 4.78 is 42.8. The van der Waals surface area contributed by atoms with Gasteiger partial charge in [-0.05, 0) is 0 Å². The first-order valence-corrected chi connectivity index (χ1v) is 5.53. The average Bonchev–Trinajstić information content (AvgIpc) is 2.73. The number of amides is 1. The Hall–Kier alpha value is -1.57. The number of ether oxygens (including phenoxy) is 1. The van der Waals surface area contributed by atoms with Gasteiger partial charge in [0.15, 0.2) is 0 Å². The molecule has 0 unspecified atom stereocenters. The molecule has 2 atom stereocenters. The predicted octanol–water partition coefficient (Wildman–Crippen LogP) is 0.910. The second kappa shape index (κ2) is 6.05. The molecule has 1 amide bonds. The van der Waals surface area contributed by atoms with Crippen molar-refractivity contribution in [3.63, 3.8) is 0 Å². The number of halogens is 3. The van der Waals surface area contributed by atoms with Gasteiger partial charge >= 0.3 is 12.1 Å². The third-order valence-electron chi connectivity index (χ3n) is 2.87. The molecule has 1 fully saturated rings. The summed E-state index contributed by atoms with van der Waals surface area (Å²) in [6.07, 6.45) is -3.24. The first-order valence-electron chi connectivity index (χ1n) is 5.53. The Morgan fingerprint density at radius 3 is 2.47 bits per heavy atom. The number of hydrogen-bond acceptors (Lipinski definition) is 3. The number of carboxylic acids is 1. The minimum absolute atomic E-state index is 0.102. The normalized spacial score (nSPS) is 23.4. The van der Waals surface area contributed by atoms with E-state index in [0.717, 1.165) is 4.90 Å². The van der Waals surface area contributed by atoms with Crippen molar-refractivity contribution in [1.29, 1.82) is 0 Å². The van der Waals surface area contributed by atoms with Crippen LogP contribution in [0.1, 0.15) is 0 Å². The van der Waals surface area contributed by atoms with E-state index in [0.29, 0.717) is 0 Å². The van der Waals surface area contributed by atoms with Gasteiger partial charge in [-0.2, -0.15) is 13.2 Å². The van der Waals surface area contributed by atoms with Crippen molar-refractivity contribution in [2.24, 2.45) is 11.8 Å². The van der Waals surface area contributed by atoms with Crippen LogP contribution in [0.3, 0.4) is 0 Å². The van der Waals surface area contributed by atoms with E-state index in [9.17, 15) is 22.8 Å². The van der Waals surface area contributed by atoms with E-state index in [1.165, 1.54) is 6.08 Å². The average molecular weight is 281 g/mol. The number of carbonyl (C=O) groups excluding carboxylic acids is 1. The lowest BCUT2D eigenvalue weighted by atomic mass is 9.96. The molecule has 0 radical (unpaired) electrons. The van der Waals surface area contributed by atoms with Gasteiger partial charge in [0.25, 0.3) is 0 Å². The molecule has 1 aliphatic rings. The van der Waals surface area contributed by atoms with E-state index >= 15 is 0 Å². The number of carbonyl (C=O) groups is 2. The zero-order chi connectivity index (χ0) is 14.6. The van der Waals surface area contributed by atoms with Crippen molar-refractivity contribution < 1.29 is 32.6 Å². The first-order chi connectivity index (χ1) is 8.77. The molecule has 0 aromatic carbocycles. The van der Waals surface area contributed by atoms with Gasteiger partial charge in [0.05, 0.1) is 18.4 Å². The minimum Gasteiger partial charge on any atom is -0.481 e. The maximum atomic E-state index is 12.7. The van der Waals surface area contributed by atoms with Crippen molar-refractivity contribution in [2.75, 3.05) is 26.3 Å². The Morgan fingerprint density at radius 2 is 2.05 bits per heavy atom. The minimum atomic E-state index is -4.64. The van der Waals surface area contributed by atoms with E-state index in [4.69, 9.17) is 9.84 Å². The summed E-state index contributed by atoms with van der Waals surface area (Å²) in [4.78, 5) is 23.2. The fraction of sp³-hybridized carbons (Fsp3) is 0.636. The summed E-state index contributed by atoms with van der Waals surface area (Å²) in [5, 5.41) is 8.78. The van der Waals surface area contributed by atoms with Gasteiger partial charge in [0.2, 0.25) is 5.91 Å². The molecule has 0 saturated carbocycles. The van der Waals surface area contributed by atoms with Crippen molar-refractivity contribution in [2.45, 2.75) is 6.18 Å². The molecular weight excluding hydrogens is 267 g/mol. The summed E-state index contributed by atoms with van der Waals surface area (Å²) in [7, 11) is 0. The number of likely N-dealkylation sites (tertiary alicyclic amines) is 1. The zero-order valence-corrected chi connectivity index (χ0v) is 10.0. The Kier molecular flexibility index (Phi) is 4.93. The Morgan fingerprint density at radius 1 is 1.42 bits per heavy atom. The molecule has 0 aromatic rings. The third-order valence-corrected chi connectivity index (χ3v) is 2.87. The molecule has 8 heteroatoms. The summed E-state index contributed by atoms with van der Waals surface area (Å²) in [6.45, 7) is 1.98. The van der Waals surface area contributed by atoms with Gasteiger partial charge in [-0.1, -0.05) is 6.08 Å². The van der Waals surface area contributed by atoms with Gasteiger partial charge in [-0.3, -0.25) is 9.59 Å². The highest BCUT2D eigenvalue weighted by molar-refractivity contribution is 5.80. The van der Waals surface area contributed by atoms with Gasteiger partial charge in [-0.25, -0.2) is 0 Å². The molecule has 1 rings (SSSR count). The summed E-state index contributed by atoms with van der Waals surface area (Å²) in [6, 6.07) is 0. The number of hydrogen-bond donors (Lipinski definition) is 1. The van der Waals surface area contributed by atoms with E-state index < -0.39 is 43.0 Å². The van der Waals surface area contributed by atoms with Crippen LogP contribution in [0.15, 0.2) is 12.7 Å². The number of rotatable bonds is 5. The largest absolute Gasteiger partial charge is 0.481 e. The van der Waals surface area contributed by atoms with Crippen LogP contribution in [0.4, 0.5) is 13.2 Å². The second-order valence-corrected chi connectivity index (χ2v) is 4.20. The lowest BCUT2D eigenvalue weighted by Crippen LogP contribution is -2.34. The van der Waals surface area contributed by atoms with E-state index in [1.807, 2.05) is 0 Å². The molecule has 1 aliphatic heterocycles. The molecular formula is C11H14F3NO4. The fourth-order valence-corrected chi connectivity index (χ4v) is 1.91. The monoisotopic (exact) mass is 281 g/mol. The van der Waals surface area contributed by atoms with Crippen LogP contribution in [-0.2, 0) is 14.3 Å². The molecule has 1 saturated heterocycles. The van der Waals surface area contributed by atoms with E-state index in [-0.39, 0.29) is 13.2 Å². The van der Waals surface area contributed by atoms with Crippen molar-refractivity contribution >= 4 is 11.9 Å². The Labute approximate surface area is 107 Å². The summed E-state index contributed by atoms with van der Waals surface area (Å²) in [5.41, 5.74) is 0. The molecule has 0 bridgehead atoms. The zero-order valence-electron chi connectivity index (χ0n) is 10.0. The van der Waals surface area contributed by atoms with Crippen molar-refractivity contribution in [3.05, 3.63) is 12.7 Å². The van der Waals surface area contributed by atoms with Crippen LogP contribution in [-0.4, -0.2) is 54.4 Å². The smallest absolute Gasteiger partial charge is 0.394 e. The number of carboxylic acid groups (broad SMARTS) is 1. The molecule has 108 valence electrons. The second-order valence-electron chi connectivity index (χ2n) is 4.20. The number of aliphatic carboxylic acids is 1. The highest BCUT2D eigenvalue weighted by atomic mass is 19.4. The first kappa shape index (κ1) is 15.5. The van der Waals surface area contributed by atoms with Gasteiger partial charge in [0.1, 0.15) is 6.61 Å². The van der Waals surface area contributed by atoms with Crippen LogP contribution >= 0.6 is 0 Å². The van der Waals surface area contributed by atoms with Crippen LogP contribution in [0.2, 0.25) is 0 Å². The van der Waals surface area contributed by atoms with Gasteiger partial charge < -0.3 is 14.7 Å². The lowest BCUT2D eigenvalue weighted by Gasteiger charge is -2.18. The molecule has 1 heterocycles. The third kappa shape index (κ3) is 3.95. The number of alkyl halides is 3. The van der Waals surface area contributed by atoms with Gasteiger partial charge in [0, 0.05) is 13.1 Å². The fourth-order valence-electron chi connectivity index (χ4n) is 1.91. The highest BCUT2D eigenvalue weighted by Gasteiger charge is 2.53. The Balaban J connectivity index is 2.67. The summed E-state index contributed by atoms with van der Waals surface area (Å²) >= 11 is 0. The maximum absolute atomic E-state index is 12.7. The molecule has 1 N–H and O–H groups in total. The highest BCUT2D eigenvalue weighted by Crippen LogP contribution is 2.37. The van der Waals surface area contributed by atoms with Crippen LogP contribution in [0.25, 0.3) is 0 Å². The Bertz CT molecular complexity index is 369. The number of nitrogens with zero attached hydrogens (tertiary/aromatic N) is 1. The van der Waals surface area contributed by atoms with E-state index in [1.54, 1.807) is 0 Å². The SMILES string of the molecule is C=CCOCC(=O)N1C[C@@H](C(F)(F)F)[C@H](C(=O)O)C1. The standard InChI is InChI=1S/C11H14F3NO4/c1-2-3-19-6-9(16)15-4-7(10(17)18)8(5-15)11(12,13)14/h2,7-8H,1,3-6H2,(H,17,18)/t7-,8-/m1/s1. The molecule has 5 nitrogen and oxygen atoms in total. The van der Waals surface area contributed by atoms with Crippen molar-refractivity contribution in [3.8, 4) is 0 Å². The summed E-state index contributed by atoms with van der Waals surface area (Å²) in [5.74, 6) is -5.86. The molecule has 0 spiro atoms. The quantitative estimate of drug-likeness (QED) is 0.601. The van der Waals surface area contributed by atoms with Crippen LogP contribution in [0.5, 0.6) is 0 Å². The van der Waals surface area contributed by atoms with Gasteiger partial charge in [-0.15, -0.1) is 6.58 Å². The lowest BCUT2D eigenvalue weighted by molar-refractivity contribution is -0.188. The van der Waals surface area contributed by atoms with Crippen LogP contribution < -0.4 is 0 Å². The van der Waals surface area contributed by atoms with E-state index in [2.05, 4.69) is 6.58 Å². The maximum Gasteiger partial charge on any atom is 0.394 e. The molecule has 0 aromatic heterocycles. The van der Waals surface area contributed by atoms with Crippen LogP contribution in [0, 0.1) is 11.8 Å². The topological polar surface area (TPSA) is 66.8 Å². The molecule has 19 heavy (non-hydrogen) atoms. The predicted molar refractivity (Wildman–Crippen MR) is 58.3 cm³/mol. The van der Waals surface area contributed by atoms with Crippen molar-refractivity contribution in [1.82, 2.24) is 4.90 Å².